The molecule has 1 aromatic carbocycles. The van der Waals surface area contributed by atoms with Crippen molar-refractivity contribution in [3.05, 3.63) is 52.1 Å². The van der Waals surface area contributed by atoms with E-state index in [9.17, 15) is 4.79 Å². The van der Waals surface area contributed by atoms with Crippen LogP contribution in [0.4, 0.5) is 0 Å². The number of aromatic nitrogens is 2. The lowest BCUT2D eigenvalue weighted by Gasteiger charge is -2.41. The maximum Gasteiger partial charge on any atom is 0.276 e. The normalized spacial score (nSPS) is 19.0. The Hall–Kier alpha value is -2.10. The topological polar surface area (TPSA) is 60.9 Å². The number of benzene rings is 1. The molecular weight excluding hydrogens is 262 g/mol. The van der Waals surface area contributed by atoms with Crippen LogP contribution in [0, 0.1) is 0 Å². The first-order valence-electron chi connectivity index (χ1n) is 7.67. The van der Waals surface area contributed by atoms with Gasteiger partial charge in [-0.1, -0.05) is 43.5 Å². The summed E-state index contributed by atoms with van der Waals surface area (Å²) in [6, 6.07) is 8.32. The average Bonchev–Trinajstić information content (AvgIpc) is 2.51. The second-order valence-electron chi connectivity index (χ2n) is 6.36. The quantitative estimate of drug-likeness (QED) is 0.754. The lowest BCUT2D eigenvalue weighted by Crippen LogP contribution is -2.44. The number of fused-ring (bicyclic) bond motifs is 4. The van der Waals surface area contributed by atoms with Gasteiger partial charge in [0.2, 0.25) is 0 Å². The Morgan fingerprint density at radius 3 is 2.71 bits per heavy atom. The number of nitrogens with zero attached hydrogens (tertiary/aromatic N) is 2. The van der Waals surface area contributed by atoms with Crippen LogP contribution in [0.5, 0.6) is 0 Å². The molecule has 0 saturated heterocycles. The first-order chi connectivity index (χ1) is 10.2. The summed E-state index contributed by atoms with van der Waals surface area (Å²) in [6.45, 7) is 0. The SMILES string of the molecule is Nn1cnc2c(c1=O)C1(CCCCC1)Cc1ccccc1-2. The second kappa shape index (κ2) is 4.45. The Morgan fingerprint density at radius 2 is 1.90 bits per heavy atom. The molecule has 1 fully saturated rings. The molecule has 108 valence electrons. The molecule has 2 N–H and O–H groups in total. The lowest BCUT2D eigenvalue weighted by atomic mass is 9.62. The summed E-state index contributed by atoms with van der Waals surface area (Å²) in [5.74, 6) is 5.80. The summed E-state index contributed by atoms with van der Waals surface area (Å²) in [6.07, 6.45) is 8.14. The van der Waals surface area contributed by atoms with E-state index in [4.69, 9.17) is 5.84 Å². The Morgan fingerprint density at radius 1 is 1.14 bits per heavy atom. The molecular formula is C17H19N3O. The minimum Gasteiger partial charge on any atom is -0.335 e. The van der Waals surface area contributed by atoms with Gasteiger partial charge in [-0.25, -0.2) is 9.66 Å². The van der Waals surface area contributed by atoms with E-state index < -0.39 is 0 Å². The second-order valence-corrected chi connectivity index (χ2v) is 6.36. The van der Waals surface area contributed by atoms with Gasteiger partial charge in [0.15, 0.2) is 0 Å². The molecule has 4 nitrogen and oxygen atoms in total. The van der Waals surface area contributed by atoms with E-state index in [-0.39, 0.29) is 11.0 Å². The van der Waals surface area contributed by atoms with E-state index in [1.165, 1.54) is 31.2 Å². The Balaban J connectivity index is 2.04. The molecule has 0 bridgehead atoms. The largest absolute Gasteiger partial charge is 0.335 e. The van der Waals surface area contributed by atoms with Crippen LogP contribution in [0.1, 0.15) is 43.2 Å². The Kier molecular flexibility index (Phi) is 2.67. The van der Waals surface area contributed by atoms with Gasteiger partial charge in [-0.15, -0.1) is 0 Å². The van der Waals surface area contributed by atoms with Crippen LogP contribution >= 0.6 is 0 Å². The first-order valence-corrected chi connectivity index (χ1v) is 7.67. The highest BCUT2D eigenvalue weighted by molar-refractivity contribution is 5.71. The van der Waals surface area contributed by atoms with Gasteiger partial charge in [-0.2, -0.15) is 0 Å². The molecule has 0 radical (unpaired) electrons. The summed E-state index contributed by atoms with van der Waals surface area (Å²) >= 11 is 0. The summed E-state index contributed by atoms with van der Waals surface area (Å²) in [5.41, 5.74) is 3.98. The van der Waals surface area contributed by atoms with Gasteiger partial charge in [0.1, 0.15) is 6.33 Å². The van der Waals surface area contributed by atoms with Gasteiger partial charge in [0, 0.05) is 11.0 Å². The molecule has 1 heterocycles. The average molecular weight is 281 g/mol. The van der Waals surface area contributed by atoms with Crippen molar-refractivity contribution in [2.75, 3.05) is 5.84 Å². The summed E-state index contributed by atoms with van der Waals surface area (Å²) < 4.78 is 1.14. The Labute approximate surface area is 123 Å². The van der Waals surface area contributed by atoms with Gasteiger partial charge in [0.05, 0.1) is 11.3 Å². The summed E-state index contributed by atoms with van der Waals surface area (Å²) in [4.78, 5) is 17.2. The number of nitrogens with two attached hydrogens (primary N) is 1. The van der Waals surface area contributed by atoms with Crippen LogP contribution in [0.15, 0.2) is 35.4 Å². The molecule has 0 aliphatic heterocycles. The number of rotatable bonds is 0. The third kappa shape index (κ3) is 1.75. The third-order valence-electron chi connectivity index (χ3n) is 5.14. The van der Waals surface area contributed by atoms with E-state index in [2.05, 4.69) is 23.2 Å². The van der Waals surface area contributed by atoms with Crippen molar-refractivity contribution in [2.24, 2.45) is 0 Å². The fourth-order valence-electron chi connectivity index (χ4n) is 4.16. The number of hydrogen-bond donors (Lipinski definition) is 1. The van der Waals surface area contributed by atoms with Crippen molar-refractivity contribution in [2.45, 2.75) is 43.9 Å². The van der Waals surface area contributed by atoms with E-state index >= 15 is 0 Å². The molecule has 0 atom stereocenters. The molecule has 4 rings (SSSR count). The van der Waals surface area contributed by atoms with E-state index in [0.717, 1.165) is 40.8 Å². The van der Waals surface area contributed by atoms with Crippen molar-refractivity contribution in [3.8, 4) is 11.3 Å². The minimum atomic E-state index is -0.0728. The predicted octanol–water partition coefficient (Wildman–Crippen LogP) is 2.38. The molecule has 1 spiro atoms. The molecule has 21 heavy (non-hydrogen) atoms. The molecule has 2 aliphatic carbocycles. The number of nitrogen functional groups attached to an aromatic ring is 1. The lowest BCUT2D eigenvalue weighted by molar-refractivity contribution is 0.284. The van der Waals surface area contributed by atoms with Gasteiger partial charge in [0.25, 0.3) is 5.56 Å². The van der Waals surface area contributed by atoms with E-state index in [1.54, 1.807) is 0 Å². The van der Waals surface area contributed by atoms with Crippen LogP contribution in [0.3, 0.4) is 0 Å². The zero-order valence-electron chi connectivity index (χ0n) is 12.0. The van der Waals surface area contributed by atoms with Crippen molar-refractivity contribution in [1.29, 1.82) is 0 Å². The molecule has 2 aromatic rings. The molecule has 0 amide bonds. The van der Waals surface area contributed by atoms with Crippen molar-refractivity contribution >= 4 is 0 Å². The maximum absolute atomic E-state index is 12.7. The molecule has 1 saturated carbocycles. The maximum atomic E-state index is 12.7. The van der Waals surface area contributed by atoms with Crippen LogP contribution in [-0.2, 0) is 11.8 Å². The Bertz CT molecular complexity index is 757. The van der Waals surface area contributed by atoms with Crippen LogP contribution in [0.25, 0.3) is 11.3 Å². The summed E-state index contributed by atoms with van der Waals surface area (Å²) in [7, 11) is 0. The molecule has 4 heteroatoms. The minimum absolute atomic E-state index is 0.0611. The zero-order chi connectivity index (χ0) is 14.4. The zero-order valence-corrected chi connectivity index (χ0v) is 12.0. The van der Waals surface area contributed by atoms with Gasteiger partial charge >= 0.3 is 0 Å². The fraction of sp³-hybridized carbons (Fsp3) is 0.412. The van der Waals surface area contributed by atoms with Crippen molar-refractivity contribution in [1.82, 2.24) is 9.66 Å². The monoisotopic (exact) mass is 281 g/mol. The highest BCUT2D eigenvalue weighted by atomic mass is 16.1. The van der Waals surface area contributed by atoms with Gasteiger partial charge in [-0.3, -0.25) is 4.79 Å². The smallest absolute Gasteiger partial charge is 0.276 e. The standard InChI is InChI=1S/C17H19N3O/c18-20-11-19-15-13-7-3-2-6-12(13)10-17(14(15)16(20)21)8-4-1-5-9-17/h2-3,6-7,11H,1,4-5,8-10,18H2. The van der Waals surface area contributed by atoms with Gasteiger partial charge in [-0.05, 0) is 24.8 Å². The third-order valence-corrected chi connectivity index (χ3v) is 5.14. The van der Waals surface area contributed by atoms with Crippen LogP contribution < -0.4 is 11.4 Å². The van der Waals surface area contributed by atoms with E-state index in [0.29, 0.717) is 0 Å². The first kappa shape index (κ1) is 12.6. The van der Waals surface area contributed by atoms with E-state index in [1.807, 2.05) is 6.07 Å². The molecule has 1 aromatic heterocycles. The highest BCUT2D eigenvalue weighted by Gasteiger charge is 2.42. The van der Waals surface area contributed by atoms with Crippen molar-refractivity contribution in [3.63, 3.8) is 0 Å². The molecule has 0 unspecified atom stereocenters. The predicted molar refractivity (Wildman–Crippen MR) is 82.6 cm³/mol. The summed E-state index contributed by atoms with van der Waals surface area (Å²) in [5, 5.41) is 0. The molecule has 2 aliphatic rings. The fourth-order valence-corrected chi connectivity index (χ4v) is 4.16. The number of hydrogen-bond acceptors (Lipinski definition) is 3. The highest BCUT2D eigenvalue weighted by Crippen LogP contribution is 2.48. The van der Waals surface area contributed by atoms with Crippen LogP contribution in [0.2, 0.25) is 0 Å². The van der Waals surface area contributed by atoms with Crippen molar-refractivity contribution < 1.29 is 0 Å². The van der Waals surface area contributed by atoms with Crippen LogP contribution in [-0.4, -0.2) is 9.66 Å². The van der Waals surface area contributed by atoms with Gasteiger partial charge < -0.3 is 5.84 Å².